The third kappa shape index (κ3) is 3.68. The molecule has 0 saturated carbocycles. The Hall–Kier alpha value is -2.04. The van der Waals surface area contributed by atoms with Crippen LogP contribution in [0, 0.1) is 0 Å². The molecular formula is C10H10O5. The second kappa shape index (κ2) is 4.99. The van der Waals surface area contributed by atoms with E-state index in [0.717, 1.165) is 0 Å². The Morgan fingerprint density at radius 2 is 1.73 bits per heavy atom. The maximum atomic E-state index is 10.8. The van der Waals surface area contributed by atoms with E-state index in [9.17, 15) is 9.59 Å². The Balaban J connectivity index is 2.74. The van der Waals surface area contributed by atoms with Crippen molar-refractivity contribution in [2.45, 2.75) is 6.92 Å². The Morgan fingerprint density at radius 3 is 2.27 bits per heavy atom. The third-order valence-electron chi connectivity index (χ3n) is 1.43. The molecule has 80 valence electrons. The minimum absolute atomic E-state index is 0.251. The first-order chi connectivity index (χ1) is 7.11. The number of carbonyl (C=O) groups is 2. The molecule has 1 aromatic rings. The van der Waals surface area contributed by atoms with Crippen LogP contribution in [0.5, 0.6) is 11.5 Å². The minimum atomic E-state index is -0.824. The van der Waals surface area contributed by atoms with E-state index in [2.05, 4.69) is 4.74 Å². The Labute approximate surface area is 86.6 Å². The first kappa shape index (κ1) is 11.0. The van der Waals surface area contributed by atoms with Crippen LogP contribution >= 0.6 is 0 Å². The van der Waals surface area contributed by atoms with Gasteiger partial charge in [-0.05, 0) is 12.1 Å². The van der Waals surface area contributed by atoms with Crippen molar-refractivity contribution >= 4 is 12.1 Å². The lowest BCUT2D eigenvalue weighted by Crippen LogP contribution is -2.07. The number of carbonyl (C=O) groups excluding carboxylic acids is 2. The molecule has 0 unspecified atom stereocenters. The zero-order chi connectivity index (χ0) is 11.3. The highest BCUT2D eigenvalue weighted by atomic mass is 16.7. The summed E-state index contributed by atoms with van der Waals surface area (Å²) < 4.78 is 13.8. The molecule has 0 N–H and O–H groups in total. The van der Waals surface area contributed by atoms with Crippen LogP contribution < -0.4 is 9.47 Å². The predicted octanol–water partition coefficient (Wildman–Crippen LogP) is 1.76. The highest BCUT2D eigenvalue weighted by Crippen LogP contribution is 2.19. The number of methoxy groups -OCH3 is 1. The molecule has 1 aromatic carbocycles. The molecule has 0 amide bonds. The molecular weight excluding hydrogens is 200 g/mol. The van der Waals surface area contributed by atoms with Gasteiger partial charge in [0.2, 0.25) is 0 Å². The molecule has 0 spiro atoms. The summed E-state index contributed by atoms with van der Waals surface area (Å²) in [6.45, 7) is 1.29. The molecule has 0 atom stereocenters. The predicted molar refractivity (Wildman–Crippen MR) is 50.8 cm³/mol. The fourth-order valence-corrected chi connectivity index (χ4v) is 0.905. The van der Waals surface area contributed by atoms with Crippen molar-refractivity contribution in [3.05, 3.63) is 24.3 Å². The van der Waals surface area contributed by atoms with Crippen molar-refractivity contribution in [1.29, 1.82) is 0 Å². The monoisotopic (exact) mass is 210 g/mol. The summed E-state index contributed by atoms with van der Waals surface area (Å²) in [5.41, 5.74) is 0. The maximum absolute atomic E-state index is 10.8. The van der Waals surface area contributed by atoms with E-state index in [0.29, 0.717) is 5.75 Å². The fourth-order valence-electron chi connectivity index (χ4n) is 0.905. The molecule has 0 saturated heterocycles. The van der Waals surface area contributed by atoms with Gasteiger partial charge in [-0.15, -0.1) is 0 Å². The van der Waals surface area contributed by atoms with Gasteiger partial charge in [-0.3, -0.25) is 4.79 Å². The van der Waals surface area contributed by atoms with E-state index in [-0.39, 0.29) is 5.75 Å². The van der Waals surface area contributed by atoms with Gasteiger partial charge in [0.05, 0.1) is 7.11 Å². The maximum Gasteiger partial charge on any atom is 0.513 e. The topological polar surface area (TPSA) is 61.8 Å². The Bertz CT molecular complexity index is 372. The molecule has 5 nitrogen and oxygen atoms in total. The highest BCUT2D eigenvalue weighted by molar-refractivity contribution is 5.69. The first-order valence-electron chi connectivity index (χ1n) is 4.16. The molecule has 0 aliphatic rings. The lowest BCUT2D eigenvalue weighted by atomic mass is 10.3. The average Bonchev–Trinajstić information content (AvgIpc) is 2.17. The van der Waals surface area contributed by atoms with Gasteiger partial charge in [-0.2, -0.15) is 0 Å². The van der Waals surface area contributed by atoms with E-state index < -0.39 is 12.1 Å². The zero-order valence-electron chi connectivity index (χ0n) is 8.35. The molecule has 0 bridgehead atoms. The molecule has 1 rings (SSSR count). The summed E-state index contributed by atoms with van der Waals surface area (Å²) in [6, 6.07) is 6.13. The number of hydrogen-bond donors (Lipinski definition) is 0. The van der Waals surface area contributed by atoms with E-state index in [4.69, 9.17) is 9.47 Å². The van der Waals surface area contributed by atoms with Crippen molar-refractivity contribution in [3.8, 4) is 11.5 Å². The van der Waals surface area contributed by atoms with Gasteiger partial charge in [-0.25, -0.2) is 4.79 Å². The first-order valence-corrected chi connectivity index (χ1v) is 4.16. The van der Waals surface area contributed by atoms with Gasteiger partial charge < -0.3 is 14.2 Å². The molecule has 0 aliphatic heterocycles. The summed E-state index contributed by atoms with van der Waals surface area (Å²) in [4.78, 5) is 21.4. The molecule has 0 aromatic heterocycles. The molecule has 0 heterocycles. The lowest BCUT2D eigenvalue weighted by Gasteiger charge is -2.04. The van der Waals surface area contributed by atoms with Gasteiger partial charge in [0.25, 0.3) is 0 Å². The second-order valence-corrected chi connectivity index (χ2v) is 2.62. The van der Waals surface area contributed by atoms with Crippen LogP contribution in [0.2, 0.25) is 0 Å². The summed E-state index contributed by atoms with van der Waals surface area (Å²) in [7, 11) is 1.21. The highest BCUT2D eigenvalue weighted by Gasteiger charge is 2.05. The van der Waals surface area contributed by atoms with Crippen LogP contribution in [0.3, 0.4) is 0 Å². The van der Waals surface area contributed by atoms with E-state index in [1.54, 1.807) is 18.2 Å². The normalized spacial score (nSPS) is 9.20. The number of rotatable bonds is 2. The van der Waals surface area contributed by atoms with E-state index >= 15 is 0 Å². The molecule has 5 heteroatoms. The Kier molecular flexibility index (Phi) is 3.68. The van der Waals surface area contributed by atoms with E-state index in [1.807, 2.05) is 0 Å². The number of hydrogen-bond acceptors (Lipinski definition) is 5. The van der Waals surface area contributed by atoms with Crippen molar-refractivity contribution in [2.24, 2.45) is 0 Å². The molecule has 15 heavy (non-hydrogen) atoms. The van der Waals surface area contributed by atoms with Crippen molar-refractivity contribution in [2.75, 3.05) is 7.11 Å². The van der Waals surface area contributed by atoms with Gasteiger partial charge in [0.1, 0.15) is 11.5 Å². The van der Waals surface area contributed by atoms with E-state index in [1.165, 1.54) is 20.1 Å². The Morgan fingerprint density at radius 1 is 1.13 bits per heavy atom. The van der Waals surface area contributed by atoms with Crippen molar-refractivity contribution in [3.63, 3.8) is 0 Å². The summed E-state index contributed by atoms with van der Waals surface area (Å²) >= 11 is 0. The number of esters is 1. The van der Waals surface area contributed by atoms with Gasteiger partial charge in [-0.1, -0.05) is 6.07 Å². The number of ether oxygens (including phenoxy) is 3. The fraction of sp³-hybridized carbons (Fsp3) is 0.200. The molecule has 0 aliphatic carbocycles. The van der Waals surface area contributed by atoms with Gasteiger partial charge in [0, 0.05) is 13.0 Å². The van der Waals surface area contributed by atoms with Crippen LogP contribution in [0.15, 0.2) is 24.3 Å². The van der Waals surface area contributed by atoms with Crippen molar-refractivity contribution < 1.29 is 23.8 Å². The molecule has 0 fully saturated rings. The van der Waals surface area contributed by atoms with Crippen LogP contribution in [0.4, 0.5) is 4.79 Å². The number of benzene rings is 1. The quantitative estimate of drug-likeness (QED) is 0.422. The van der Waals surface area contributed by atoms with Crippen molar-refractivity contribution in [1.82, 2.24) is 0 Å². The van der Waals surface area contributed by atoms with Crippen LogP contribution in [0.25, 0.3) is 0 Å². The van der Waals surface area contributed by atoms with Crippen LogP contribution in [-0.4, -0.2) is 19.2 Å². The largest absolute Gasteiger partial charge is 0.513 e. The van der Waals surface area contributed by atoms with Gasteiger partial charge in [0.15, 0.2) is 0 Å². The standard InChI is InChI=1S/C10H10O5/c1-7(11)14-8-4-3-5-9(6-8)15-10(12)13-2/h3-6H,1-2H3. The van der Waals surface area contributed by atoms with Gasteiger partial charge >= 0.3 is 12.1 Å². The second-order valence-electron chi connectivity index (χ2n) is 2.62. The van der Waals surface area contributed by atoms with Crippen LogP contribution in [-0.2, 0) is 9.53 Å². The SMILES string of the molecule is COC(=O)Oc1cccc(OC(C)=O)c1. The summed E-state index contributed by atoms with van der Waals surface area (Å²) in [5.74, 6) is 0.120. The molecule has 0 radical (unpaired) electrons. The average molecular weight is 210 g/mol. The summed E-state index contributed by atoms with van der Waals surface area (Å²) in [5, 5.41) is 0. The lowest BCUT2D eigenvalue weighted by molar-refractivity contribution is -0.131. The summed E-state index contributed by atoms with van der Waals surface area (Å²) in [6.07, 6.45) is -0.824. The minimum Gasteiger partial charge on any atom is -0.437 e. The van der Waals surface area contributed by atoms with Crippen LogP contribution in [0.1, 0.15) is 6.92 Å². The third-order valence-corrected chi connectivity index (χ3v) is 1.43. The zero-order valence-corrected chi connectivity index (χ0v) is 8.35. The smallest absolute Gasteiger partial charge is 0.437 e.